The number of likely N-dealkylation sites (N-methyl/N-ethyl adjacent to an activating group) is 1. The second kappa shape index (κ2) is 7.47. The zero-order valence-electron chi connectivity index (χ0n) is 12.5. The number of ether oxygens (including phenoxy) is 3. The minimum Gasteiger partial charge on any atom is -0.497 e. The summed E-state index contributed by atoms with van der Waals surface area (Å²) in [5.74, 6) is 1.70. The third-order valence-corrected chi connectivity index (χ3v) is 3.54. The van der Waals surface area contributed by atoms with Gasteiger partial charge in [0.25, 0.3) is 0 Å². The average Bonchev–Trinajstić information content (AvgIpc) is 2.48. The molecular formula is C15H24N2O3. The normalized spacial score (nSPS) is 19.9. The molecule has 0 radical (unpaired) electrons. The highest BCUT2D eigenvalue weighted by Gasteiger charge is 2.20. The number of nitrogens with one attached hydrogen (secondary N) is 1. The fourth-order valence-electron chi connectivity index (χ4n) is 2.50. The van der Waals surface area contributed by atoms with Gasteiger partial charge in [0.2, 0.25) is 0 Å². The van der Waals surface area contributed by atoms with E-state index in [0.29, 0.717) is 0 Å². The fraction of sp³-hybridized carbons (Fsp3) is 0.600. The zero-order valence-corrected chi connectivity index (χ0v) is 12.5. The molecule has 1 atom stereocenters. The van der Waals surface area contributed by atoms with Gasteiger partial charge in [-0.2, -0.15) is 0 Å². The lowest BCUT2D eigenvalue weighted by molar-refractivity contribution is -0.0293. The molecule has 1 aliphatic heterocycles. The lowest BCUT2D eigenvalue weighted by atomic mass is 10.1. The van der Waals surface area contributed by atoms with Crippen LogP contribution in [-0.2, 0) is 11.3 Å². The molecule has 1 saturated heterocycles. The van der Waals surface area contributed by atoms with E-state index < -0.39 is 0 Å². The minimum atomic E-state index is 0.262. The number of methoxy groups -OCH3 is 2. The van der Waals surface area contributed by atoms with Crippen molar-refractivity contribution in [3.8, 4) is 11.5 Å². The molecule has 1 heterocycles. The number of hydrogen-bond donors (Lipinski definition) is 1. The van der Waals surface area contributed by atoms with E-state index in [0.717, 1.165) is 44.3 Å². The largest absolute Gasteiger partial charge is 0.497 e. The van der Waals surface area contributed by atoms with E-state index >= 15 is 0 Å². The Morgan fingerprint density at radius 2 is 2.20 bits per heavy atom. The molecular weight excluding hydrogens is 256 g/mol. The lowest BCUT2D eigenvalue weighted by Crippen LogP contribution is -2.45. The summed E-state index contributed by atoms with van der Waals surface area (Å²) in [6.07, 6.45) is 0.262. The molecule has 1 aliphatic rings. The molecule has 0 bridgehead atoms. The van der Waals surface area contributed by atoms with Gasteiger partial charge < -0.3 is 19.5 Å². The predicted molar refractivity (Wildman–Crippen MR) is 78.5 cm³/mol. The molecule has 0 aromatic heterocycles. The summed E-state index contributed by atoms with van der Waals surface area (Å²) in [6, 6.07) is 5.98. The monoisotopic (exact) mass is 280 g/mol. The van der Waals surface area contributed by atoms with Crippen molar-refractivity contribution < 1.29 is 14.2 Å². The molecule has 0 amide bonds. The summed E-state index contributed by atoms with van der Waals surface area (Å²) in [7, 11) is 5.31. The van der Waals surface area contributed by atoms with Gasteiger partial charge in [0.05, 0.1) is 26.9 Å². The molecule has 1 aromatic rings. The predicted octanol–water partition coefficient (Wildman–Crippen LogP) is 1.12. The quantitative estimate of drug-likeness (QED) is 0.846. The van der Waals surface area contributed by atoms with E-state index in [4.69, 9.17) is 14.2 Å². The van der Waals surface area contributed by atoms with Gasteiger partial charge in [-0.15, -0.1) is 0 Å². The first kappa shape index (κ1) is 15.1. The Balaban J connectivity index is 2.01. The van der Waals surface area contributed by atoms with Gasteiger partial charge in [0.15, 0.2) is 0 Å². The molecule has 0 saturated carbocycles. The zero-order chi connectivity index (χ0) is 14.4. The highest BCUT2D eigenvalue weighted by molar-refractivity contribution is 5.40. The van der Waals surface area contributed by atoms with Crippen molar-refractivity contribution in [3.05, 3.63) is 23.8 Å². The number of morpholine rings is 1. The highest BCUT2D eigenvalue weighted by atomic mass is 16.5. The first-order valence-electron chi connectivity index (χ1n) is 6.96. The van der Waals surface area contributed by atoms with Crippen LogP contribution in [0.4, 0.5) is 0 Å². The van der Waals surface area contributed by atoms with Crippen molar-refractivity contribution in [3.63, 3.8) is 0 Å². The average molecular weight is 280 g/mol. The number of hydrogen-bond acceptors (Lipinski definition) is 5. The molecule has 112 valence electrons. The van der Waals surface area contributed by atoms with Crippen LogP contribution in [0.1, 0.15) is 5.56 Å². The second-order valence-corrected chi connectivity index (χ2v) is 4.96. The number of rotatable bonds is 6. The molecule has 2 rings (SSSR count). The molecule has 5 nitrogen and oxygen atoms in total. The fourth-order valence-corrected chi connectivity index (χ4v) is 2.50. The lowest BCUT2D eigenvalue weighted by Gasteiger charge is -2.33. The van der Waals surface area contributed by atoms with Crippen molar-refractivity contribution in [1.29, 1.82) is 0 Å². The van der Waals surface area contributed by atoms with Crippen LogP contribution in [0.2, 0.25) is 0 Å². The van der Waals surface area contributed by atoms with E-state index in [1.165, 1.54) is 5.56 Å². The van der Waals surface area contributed by atoms with Crippen LogP contribution in [0.25, 0.3) is 0 Å². The van der Waals surface area contributed by atoms with Gasteiger partial charge in [-0.25, -0.2) is 0 Å². The third-order valence-electron chi connectivity index (χ3n) is 3.54. The van der Waals surface area contributed by atoms with Crippen LogP contribution in [0.3, 0.4) is 0 Å². The van der Waals surface area contributed by atoms with Crippen molar-refractivity contribution in [2.45, 2.75) is 12.6 Å². The van der Waals surface area contributed by atoms with Crippen LogP contribution >= 0.6 is 0 Å². The molecule has 0 aliphatic carbocycles. The van der Waals surface area contributed by atoms with Gasteiger partial charge in [0.1, 0.15) is 11.5 Å². The maximum atomic E-state index is 5.72. The van der Waals surface area contributed by atoms with Crippen LogP contribution < -0.4 is 14.8 Å². The molecule has 1 fully saturated rings. The van der Waals surface area contributed by atoms with E-state index in [9.17, 15) is 0 Å². The van der Waals surface area contributed by atoms with Gasteiger partial charge in [0, 0.05) is 37.8 Å². The van der Waals surface area contributed by atoms with Crippen LogP contribution in [-0.4, -0.2) is 58.5 Å². The van der Waals surface area contributed by atoms with Crippen molar-refractivity contribution >= 4 is 0 Å². The maximum Gasteiger partial charge on any atom is 0.127 e. The Morgan fingerprint density at radius 3 is 2.90 bits per heavy atom. The van der Waals surface area contributed by atoms with Crippen molar-refractivity contribution in [2.75, 3.05) is 47.5 Å². The summed E-state index contributed by atoms with van der Waals surface area (Å²) in [4.78, 5) is 2.40. The Morgan fingerprint density at radius 1 is 1.35 bits per heavy atom. The maximum absolute atomic E-state index is 5.72. The molecule has 1 aromatic carbocycles. The first-order chi connectivity index (χ1) is 9.76. The Labute approximate surface area is 120 Å². The summed E-state index contributed by atoms with van der Waals surface area (Å²) >= 11 is 0. The van der Waals surface area contributed by atoms with E-state index in [-0.39, 0.29) is 6.10 Å². The smallest absolute Gasteiger partial charge is 0.127 e. The Hall–Kier alpha value is -1.30. The molecule has 5 heteroatoms. The SMILES string of the molecule is CNCC1CN(Cc2ccc(OC)cc2OC)CCO1. The number of nitrogens with zero attached hydrogens (tertiary/aromatic N) is 1. The van der Waals surface area contributed by atoms with E-state index in [1.54, 1.807) is 14.2 Å². The minimum absolute atomic E-state index is 0.262. The van der Waals surface area contributed by atoms with Crippen LogP contribution in [0, 0.1) is 0 Å². The van der Waals surface area contributed by atoms with Gasteiger partial charge in [-0.3, -0.25) is 4.90 Å². The Kier molecular flexibility index (Phi) is 5.64. The third kappa shape index (κ3) is 3.85. The molecule has 20 heavy (non-hydrogen) atoms. The molecule has 0 spiro atoms. The highest BCUT2D eigenvalue weighted by Crippen LogP contribution is 2.26. The second-order valence-electron chi connectivity index (χ2n) is 4.96. The summed E-state index contributed by atoms with van der Waals surface area (Å²) < 4.78 is 16.4. The van der Waals surface area contributed by atoms with Crippen molar-refractivity contribution in [2.24, 2.45) is 0 Å². The number of benzene rings is 1. The first-order valence-corrected chi connectivity index (χ1v) is 6.96. The Bertz CT molecular complexity index is 424. The van der Waals surface area contributed by atoms with Gasteiger partial charge in [-0.1, -0.05) is 6.07 Å². The molecule has 1 N–H and O–H groups in total. The van der Waals surface area contributed by atoms with Gasteiger partial charge >= 0.3 is 0 Å². The van der Waals surface area contributed by atoms with Crippen LogP contribution in [0.5, 0.6) is 11.5 Å². The standard InChI is InChI=1S/C15H24N2O3/c1-16-9-14-11-17(6-7-20-14)10-12-4-5-13(18-2)8-15(12)19-3/h4-5,8,14,16H,6-7,9-11H2,1-3H3. The van der Waals surface area contributed by atoms with Gasteiger partial charge in [-0.05, 0) is 13.1 Å². The summed E-state index contributed by atoms with van der Waals surface area (Å²) in [5, 5.41) is 3.17. The van der Waals surface area contributed by atoms with Crippen LogP contribution in [0.15, 0.2) is 18.2 Å². The summed E-state index contributed by atoms with van der Waals surface area (Å²) in [5.41, 5.74) is 1.18. The summed E-state index contributed by atoms with van der Waals surface area (Å²) in [6.45, 7) is 4.43. The van der Waals surface area contributed by atoms with Crippen molar-refractivity contribution in [1.82, 2.24) is 10.2 Å². The van der Waals surface area contributed by atoms with E-state index in [2.05, 4.69) is 16.3 Å². The molecule has 1 unspecified atom stereocenters. The topological polar surface area (TPSA) is 43.0 Å². The van der Waals surface area contributed by atoms with E-state index in [1.807, 2.05) is 19.2 Å².